The van der Waals surface area contributed by atoms with Crippen LogP contribution in [0, 0.1) is 5.82 Å². The molecule has 3 N–H and O–H groups in total. The van der Waals surface area contributed by atoms with E-state index in [4.69, 9.17) is 5.73 Å². The fourth-order valence-corrected chi connectivity index (χ4v) is 1.53. The molecule has 1 aromatic heterocycles. The number of benzene rings is 1. The van der Waals surface area contributed by atoms with E-state index in [9.17, 15) is 9.18 Å². The van der Waals surface area contributed by atoms with Gasteiger partial charge in [0.15, 0.2) is 0 Å². The molecule has 0 aliphatic heterocycles. The molecule has 0 aliphatic carbocycles. The van der Waals surface area contributed by atoms with Gasteiger partial charge >= 0.3 is 0 Å². The highest BCUT2D eigenvalue weighted by Crippen LogP contribution is 2.08. The second-order valence-electron chi connectivity index (χ2n) is 3.83. The molecular weight excluding hydrogens is 237 g/mol. The van der Waals surface area contributed by atoms with Gasteiger partial charge in [-0.2, -0.15) is 4.98 Å². The lowest BCUT2D eigenvalue weighted by Crippen LogP contribution is -2.27. The van der Waals surface area contributed by atoms with E-state index in [0.717, 1.165) is 0 Å². The van der Waals surface area contributed by atoms with E-state index in [1.165, 1.54) is 17.0 Å². The highest BCUT2D eigenvalue weighted by molar-refractivity contribution is 5.90. The molecular formula is C11H12FN5O. The minimum atomic E-state index is -0.358. The molecule has 2 aromatic rings. The maximum atomic E-state index is 13.0. The Morgan fingerprint density at radius 2 is 2.33 bits per heavy atom. The number of aromatic nitrogens is 3. The quantitative estimate of drug-likeness (QED) is 0.842. The summed E-state index contributed by atoms with van der Waals surface area (Å²) in [6.45, 7) is 0.275. The first-order valence-electron chi connectivity index (χ1n) is 5.24. The Hall–Kier alpha value is -2.44. The molecule has 18 heavy (non-hydrogen) atoms. The molecule has 0 radical (unpaired) electrons. The minimum absolute atomic E-state index is 0.0116. The zero-order valence-electron chi connectivity index (χ0n) is 9.72. The molecule has 0 saturated carbocycles. The van der Waals surface area contributed by atoms with Gasteiger partial charge in [-0.25, -0.2) is 4.39 Å². The fourth-order valence-electron chi connectivity index (χ4n) is 1.53. The van der Waals surface area contributed by atoms with Gasteiger partial charge in [-0.15, -0.1) is 5.10 Å². The highest BCUT2D eigenvalue weighted by Gasteiger charge is 2.16. The van der Waals surface area contributed by atoms with E-state index in [-0.39, 0.29) is 30.0 Å². The number of hydrogen-bond acceptors (Lipinski definition) is 4. The van der Waals surface area contributed by atoms with E-state index in [1.807, 2.05) is 0 Å². The maximum Gasteiger partial charge on any atom is 0.291 e. The van der Waals surface area contributed by atoms with Crippen molar-refractivity contribution in [3.63, 3.8) is 0 Å². The molecule has 1 aromatic carbocycles. The minimum Gasteiger partial charge on any atom is -0.366 e. The number of H-pyrrole nitrogens is 1. The number of nitrogen functional groups attached to an aromatic ring is 1. The maximum absolute atomic E-state index is 13.0. The topological polar surface area (TPSA) is 87.9 Å². The third-order valence-electron chi connectivity index (χ3n) is 2.36. The van der Waals surface area contributed by atoms with Crippen LogP contribution in [0.3, 0.4) is 0 Å². The third kappa shape index (κ3) is 2.62. The van der Waals surface area contributed by atoms with Crippen molar-refractivity contribution >= 4 is 11.9 Å². The number of carbonyl (C=O) groups excluding carboxylic acids is 1. The van der Waals surface area contributed by atoms with Crippen LogP contribution in [0.25, 0.3) is 0 Å². The van der Waals surface area contributed by atoms with Crippen LogP contribution < -0.4 is 5.73 Å². The molecule has 1 heterocycles. The summed E-state index contributed by atoms with van der Waals surface area (Å²) in [5.41, 5.74) is 6.01. The second kappa shape index (κ2) is 4.82. The van der Waals surface area contributed by atoms with E-state index in [2.05, 4.69) is 15.2 Å². The third-order valence-corrected chi connectivity index (χ3v) is 2.36. The zero-order chi connectivity index (χ0) is 13.1. The van der Waals surface area contributed by atoms with Crippen LogP contribution in [0.15, 0.2) is 24.3 Å². The van der Waals surface area contributed by atoms with Crippen LogP contribution in [-0.4, -0.2) is 33.0 Å². The lowest BCUT2D eigenvalue weighted by Gasteiger charge is -2.15. The standard InChI is InChI=1S/C11H12FN5O/c1-17(6-7-3-2-4-8(12)5-7)10(18)9-14-11(13)16-15-9/h2-5H,6H2,1H3,(H3,13,14,15,16). The van der Waals surface area contributed by atoms with Gasteiger partial charge in [0.05, 0.1) is 0 Å². The van der Waals surface area contributed by atoms with Gasteiger partial charge in [-0.05, 0) is 17.7 Å². The molecule has 94 valence electrons. The molecule has 0 spiro atoms. The number of carbonyl (C=O) groups is 1. The summed E-state index contributed by atoms with van der Waals surface area (Å²) < 4.78 is 13.0. The van der Waals surface area contributed by atoms with Gasteiger partial charge in [0.25, 0.3) is 5.91 Å². The van der Waals surface area contributed by atoms with Gasteiger partial charge < -0.3 is 10.6 Å². The summed E-state index contributed by atoms with van der Waals surface area (Å²) >= 11 is 0. The summed E-state index contributed by atoms with van der Waals surface area (Å²) in [7, 11) is 1.59. The molecule has 0 fully saturated rings. The first kappa shape index (κ1) is 12.0. The molecule has 1 amide bonds. The van der Waals surface area contributed by atoms with E-state index >= 15 is 0 Å². The molecule has 0 saturated heterocycles. The Morgan fingerprint density at radius 3 is 2.94 bits per heavy atom. The Labute approximate surface area is 103 Å². The van der Waals surface area contributed by atoms with Gasteiger partial charge in [-0.3, -0.25) is 9.89 Å². The molecule has 6 nitrogen and oxygen atoms in total. The van der Waals surface area contributed by atoms with Gasteiger partial charge in [0.1, 0.15) is 5.82 Å². The van der Waals surface area contributed by atoms with Crippen molar-refractivity contribution in [2.45, 2.75) is 6.54 Å². The van der Waals surface area contributed by atoms with Gasteiger partial charge in [0.2, 0.25) is 11.8 Å². The fraction of sp³-hybridized carbons (Fsp3) is 0.182. The molecule has 0 bridgehead atoms. The Balaban J connectivity index is 2.08. The van der Waals surface area contributed by atoms with Gasteiger partial charge in [-0.1, -0.05) is 12.1 Å². The van der Waals surface area contributed by atoms with E-state index in [0.29, 0.717) is 5.56 Å². The summed E-state index contributed by atoms with van der Waals surface area (Å²) in [4.78, 5) is 17.0. The van der Waals surface area contributed by atoms with Crippen LogP contribution in [0.1, 0.15) is 16.2 Å². The normalized spacial score (nSPS) is 10.3. The van der Waals surface area contributed by atoms with Crippen LogP contribution in [0.4, 0.5) is 10.3 Å². The largest absolute Gasteiger partial charge is 0.366 e. The van der Waals surface area contributed by atoms with Crippen molar-refractivity contribution < 1.29 is 9.18 Å². The number of nitrogens with one attached hydrogen (secondary N) is 1. The van der Waals surface area contributed by atoms with Crippen molar-refractivity contribution in [1.29, 1.82) is 0 Å². The Kier molecular flexibility index (Phi) is 3.22. The number of nitrogens with two attached hydrogens (primary N) is 1. The molecule has 2 rings (SSSR count). The number of hydrogen-bond donors (Lipinski definition) is 2. The predicted octanol–water partition coefficient (Wildman–Crippen LogP) is 0.798. The van der Waals surface area contributed by atoms with Crippen LogP contribution in [-0.2, 0) is 6.54 Å². The zero-order valence-corrected chi connectivity index (χ0v) is 9.72. The number of aromatic amines is 1. The van der Waals surface area contributed by atoms with Crippen LogP contribution >= 0.6 is 0 Å². The molecule has 7 heteroatoms. The summed E-state index contributed by atoms with van der Waals surface area (Å²) in [6, 6.07) is 6.05. The smallest absolute Gasteiger partial charge is 0.291 e. The lowest BCUT2D eigenvalue weighted by atomic mass is 10.2. The number of nitrogens with zero attached hydrogens (tertiary/aromatic N) is 3. The molecule has 0 atom stereocenters. The molecule has 0 aliphatic rings. The highest BCUT2D eigenvalue weighted by atomic mass is 19.1. The Morgan fingerprint density at radius 1 is 1.56 bits per heavy atom. The SMILES string of the molecule is CN(Cc1cccc(F)c1)C(=O)c1nc(N)n[nH]1. The number of amides is 1. The summed E-state index contributed by atoms with van der Waals surface area (Å²) in [5.74, 6) is -0.621. The van der Waals surface area contributed by atoms with Crippen molar-refractivity contribution in [3.8, 4) is 0 Å². The average Bonchev–Trinajstić information content (AvgIpc) is 2.75. The van der Waals surface area contributed by atoms with Crippen molar-refractivity contribution in [2.75, 3.05) is 12.8 Å². The van der Waals surface area contributed by atoms with Crippen molar-refractivity contribution in [1.82, 2.24) is 20.1 Å². The summed E-state index contributed by atoms with van der Waals surface area (Å²) in [6.07, 6.45) is 0. The number of rotatable bonds is 3. The van der Waals surface area contributed by atoms with E-state index in [1.54, 1.807) is 19.2 Å². The first-order chi connectivity index (χ1) is 8.56. The number of anilines is 1. The Bertz CT molecular complexity index is 568. The monoisotopic (exact) mass is 249 g/mol. The van der Waals surface area contributed by atoms with Gasteiger partial charge in [0, 0.05) is 13.6 Å². The predicted molar refractivity (Wildman–Crippen MR) is 63.0 cm³/mol. The average molecular weight is 249 g/mol. The lowest BCUT2D eigenvalue weighted by molar-refractivity contribution is 0.0773. The number of halogens is 1. The van der Waals surface area contributed by atoms with Crippen LogP contribution in [0.5, 0.6) is 0 Å². The van der Waals surface area contributed by atoms with Crippen molar-refractivity contribution in [3.05, 3.63) is 41.5 Å². The summed E-state index contributed by atoms with van der Waals surface area (Å²) in [5, 5.41) is 6.01. The first-order valence-corrected chi connectivity index (χ1v) is 5.24. The van der Waals surface area contributed by atoms with E-state index < -0.39 is 0 Å². The van der Waals surface area contributed by atoms with Crippen LogP contribution in [0.2, 0.25) is 0 Å². The second-order valence-corrected chi connectivity index (χ2v) is 3.83. The molecule has 0 unspecified atom stereocenters. The van der Waals surface area contributed by atoms with Crippen molar-refractivity contribution in [2.24, 2.45) is 0 Å².